The molecule has 0 aliphatic heterocycles. The largest absolute Gasteiger partial charge is 0.295 e. The number of fused-ring (bicyclic) bond motifs is 10. The molecule has 0 bridgehead atoms. The van der Waals surface area contributed by atoms with E-state index in [9.17, 15) is 4.79 Å². The SMILES string of the molecule is CC(C)CCC[C@@H](C)[C@H]1CC[C@H]2[C@@H]3CCC4=CC(=O)CC[C@]4(C)[C@H]3CC[C@]12C.CC1=CC[C@@]2(C)C(=C1)CC[C@H]1[C@@H]3CC[C@H]([C@H](C)CCCC(C)C)[C@@]3(C)CC[C@@H]12. The molecule has 0 N–H and O–H groups in total. The van der Waals surface area contributed by atoms with E-state index < -0.39 is 0 Å². The van der Waals surface area contributed by atoms with Crippen LogP contribution in [-0.2, 0) is 4.79 Å². The third-order valence-corrected chi connectivity index (χ3v) is 20.4. The zero-order chi connectivity index (χ0) is 40.2. The third kappa shape index (κ3) is 7.83. The Morgan fingerprint density at radius 1 is 0.554 bits per heavy atom. The van der Waals surface area contributed by atoms with Crippen LogP contribution in [0.4, 0.5) is 0 Å². The summed E-state index contributed by atoms with van der Waals surface area (Å²) in [6, 6.07) is 0. The van der Waals surface area contributed by atoms with Gasteiger partial charge in [-0.2, -0.15) is 0 Å². The number of hydrogen-bond donors (Lipinski definition) is 0. The van der Waals surface area contributed by atoms with Crippen molar-refractivity contribution < 1.29 is 4.79 Å². The van der Waals surface area contributed by atoms with Crippen LogP contribution in [0.15, 0.2) is 34.9 Å². The zero-order valence-electron chi connectivity index (χ0n) is 38.9. The van der Waals surface area contributed by atoms with Gasteiger partial charge in [-0.25, -0.2) is 0 Å². The van der Waals surface area contributed by atoms with E-state index in [-0.39, 0.29) is 0 Å². The molecule has 0 unspecified atom stereocenters. The average molecular weight is 767 g/mol. The minimum atomic E-state index is 0.332. The van der Waals surface area contributed by atoms with Gasteiger partial charge in [0, 0.05) is 6.42 Å². The average Bonchev–Trinajstić information content (AvgIpc) is 3.69. The zero-order valence-corrected chi connectivity index (χ0v) is 38.9. The van der Waals surface area contributed by atoms with Crippen molar-refractivity contribution in [3.05, 3.63) is 34.9 Å². The van der Waals surface area contributed by atoms with Crippen LogP contribution < -0.4 is 0 Å². The molecule has 0 heterocycles. The summed E-state index contributed by atoms with van der Waals surface area (Å²) in [7, 11) is 0. The molecule has 0 saturated heterocycles. The highest BCUT2D eigenvalue weighted by atomic mass is 16.1. The fraction of sp³-hybridized carbons (Fsp3) is 0.873. The summed E-state index contributed by atoms with van der Waals surface area (Å²) in [6.07, 6.45) is 36.2. The van der Waals surface area contributed by atoms with Gasteiger partial charge in [-0.05, 0) is 196 Å². The Morgan fingerprint density at radius 3 is 1.54 bits per heavy atom. The first-order valence-electron chi connectivity index (χ1n) is 25.1. The number of carbonyl (C=O) groups excluding carboxylic acids is 1. The number of ketones is 1. The molecule has 6 fully saturated rings. The quantitative estimate of drug-likeness (QED) is 0.216. The predicted octanol–water partition coefficient (Wildman–Crippen LogP) is 16.2. The summed E-state index contributed by atoms with van der Waals surface area (Å²) in [5.41, 5.74) is 6.86. The monoisotopic (exact) mass is 767 g/mol. The summed E-state index contributed by atoms with van der Waals surface area (Å²) in [5.74, 6) is 11.5. The van der Waals surface area contributed by atoms with Crippen molar-refractivity contribution in [2.75, 3.05) is 0 Å². The van der Waals surface area contributed by atoms with Crippen LogP contribution in [0.25, 0.3) is 0 Å². The summed E-state index contributed by atoms with van der Waals surface area (Å²) >= 11 is 0. The highest BCUT2D eigenvalue weighted by molar-refractivity contribution is 5.91. The van der Waals surface area contributed by atoms with Gasteiger partial charge >= 0.3 is 0 Å². The summed E-state index contributed by atoms with van der Waals surface area (Å²) < 4.78 is 0. The Hall–Kier alpha value is -1.11. The van der Waals surface area contributed by atoms with Crippen molar-refractivity contribution in [3.63, 3.8) is 0 Å². The van der Waals surface area contributed by atoms with Crippen molar-refractivity contribution in [1.29, 1.82) is 0 Å². The van der Waals surface area contributed by atoms with Crippen LogP contribution >= 0.6 is 0 Å². The van der Waals surface area contributed by atoms with Gasteiger partial charge in [0.2, 0.25) is 0 Å². The molecule has 1 nitrogen and oxygen atoms in total. The van der Waals surface area contributed by atoms with Crippen molar-refractivity contribution in [2.45, 2.75) is 211 Å². The molecule has 56 heavy (non-hydrogen) atoms. The number of carbonyl (C=O) groups is 1. The molecule has 0 radical (unpaired) electrons. The molecule has 0 aromatic rings. The molecule has 0 aromatic carbocycles. The first kappa shape index (κ1) is 43.0. The molecule has 8 rings (SSSR count). The fourth-order valence-electron chi connectivity index (χ4n) is 17.2. The maximum absolute atomic E-state index is 12.0. The van der Waals surface area contributed by atoms with Crippen molar-refractivity contribution in [3.8, 4) is 0 Å². The molecule has 8 aliphatic carbocycles. The fourth-order valence-corrected chi connectivity index (χ4v) is 17.2. The van der Waals surface area contributed by atoms with Crippen molar-refractivity contribution in [2.24, 2.45) is 92.7 Å². The smallest absolute Gasteiger partial charge is 0.155 e. The predicted molar refractivity (Wildman–Crippen MR) is 240 cm³/mol. The Labute approximate surface area is 347 Å². The molecular weight excluding hydrogens is 677 g/mol. The normalized spacial score (nSPS) is 43.8. The Bertz CT molecular complexity index is 1480. The van der Waals surface area contributed by atoms with Gasteiger partial charge < -0.3 is 0 Å². The third-order valence-electron chi connectivity index (χ3n) is 20.4. The maximum atomic E-state index is 12.0. The molecule has 6 saturated carbocycles. The molecule has 8 aliphatic rings. The van der Waals surface area contributed by atoms with Crippen LogP contribution in [0.3, 0.4) is 0 Å². The first-order valence-corrected chi connectivity index (χ1v) is 25.1. The number of rotatable bonds is 10. The highest BCUT2D eigenvalue weighted by Gasteiger charge is 2.61. The lowest BCUT2D eigenvalue weighted by Gasteiger charge is -2.58. The van der Waals surface area contributed by atoms with E-state index in [1.807, 2.05) is 0 Å². The second-order valence-electron chi connectivity index (χ2n) is 24.2. The van der Waals surface area contributed by atoms with Gasteiger partial charge in [-0.3, -0.25) is 4.79 Å². The van der Waals surface area contributed by atoms with E-state index in [0.717, 1.165) is 83.9 Å². The van der Waals surface area contributed by atoms with E-state index in [2.05, 4.69) is 94.4 Å². The number of hydrogen-bond acceptors (Lipinski definition) is 1. The van der Waals surface area contributed by atoms with E-state index in [4.69, 9.17) is 0 Å². The Balaban J connectivity index is 0.000000172. The lowest BCUT2D eigenvalue weighted by molar-refractivity contribution is -0.117. The minimum absolute atomic E-state index is 0.332. The van der Waals surface area contributed by atoms with Crippen molar-refractivity contribution in [1.82, 2.24) is 0 Å². The van der Waals surface area contributed by atoms with Crippen molar-refractivity contribution >= 4 is 5.78 Å². The summed E-state index contributed by atoms with van der Waals surface area (Å²) in [6.45, 7) is 27.5. The molecule has 316 valence electrons. The second kappa shape index (κ2) is 16.7. The second-order valence-corrected chi connectivity index (χ2v) is 24.2. The van der Waals surface area contributed by atoms with Gasteiger partial charge in [0.05, 0.1) is 0 Å². The highest BCUT2D eigenvalue weighted by Crippen LogP contribution is 2.69. The van der Waals surface area contributed by atoms with Crippen LogP contribution in [0, 0.1) is 92.7 Å². The molecular formula is C55H90O. The molecule has 14 atom stereocenters. The number of allylic oxidation sites excluding steroid dienone is 5. The molecule has 1 heteroatoms. The van der Waals surface area contributed by atoms with Crippen LogP contribution in [0.2, 0.25) is 0 Å². The standard InChI is InChI=1S/C28H46.C27H44O/c1-19(2)8-7-9-21(4)24-12-13-25-23-11-10-22-18-20(3)14-16-27(22,5)26(23)15-17-28(24,25)6;1-18(2)7-6-8-19(3)23-11-12-24-22-10-9-20-17-21(28)13-15-26(20,4)25(22)14-16-27(23,24)5/h14,18-19,21,23-26H,7-13,15-17H2,1-6H3;17-19,22-25H,6-16H2,1-5H3/t21-,23+,24-,25+,26+,27+,28-;19-,22+,23-,24+,25+,26+,27-/m11/s1. The van der Waals surface area contributed by atoms with Crippen LogP contribution in [-0.4, -0.2) is 5.78 Å². The molecule has 0 amide bonds. The molecule has 0 spiro atoms. The first-order chi connectivity index (χ1) is 26.5. The lowest BCUT2D eigenvalue weighted by atomic mass is 9.46. The summed E-state index contributed by atoms with van der Waals surface area (Å²) in [4.78, 5) is 12.0. The van der Waals surface area contributed by atoms with E-state index in [0.29, 0.717) is 27.4 Å². The topological polar surface area (TPSA) is 17.1 Å². The summed E-state index contributed by atoms with van der Waals surface area (Å²) in [5, 5.41) is 0. The lowest BCUT2D eigenvalue weighted by Crippen LogP contribution is -2.50. The van der Waals surface area contributed by atoms with Gasteiger partial charge in [0.1, 0.15) is 0 Å². The van der Waals surface area contributed by atoms with Gasteiger partial charge in [-0.15, -0.1) is 0 Å². The van der Waals surface area contributed by atoms with E-state index in [1.165, 1.54) is 133 Å². The maximum Gasteiger partial charge on any atom is 0.155 e. The van der Waals surface area contributed by atoms with E-state index >= 15 is 0 Å². The Kier molecular flexibility index (Phi) is 12.9. The van der Waals surface area contributed by atoms with Gasteiger partial charge in [0.25, 0.3) is 0 Å². The molecule has 0 aromatic heterocycles. The van der Waals surface area contributed by atoms with Crippen LogP contribution in [0.1, 0.15) is 211 Å². The van der Waals surface area contributed by atoms with Gasteiger partial charge in [-0.1, -0.05) is 137 Å². The van der Waals surface area contributed by atoms with Crippen LogP contribution in [0.5, 0.6) is 0 Å². The minimum Gasteiger partial charge on any atom is -0.295 e. The Morgan fingerprint density at radius 2 is 1.04 bits per heavy atom. The van der Waals surface area contributed by atoms with Gasteiger partial charge in [0.15, 0.2) is 5.78 Å². The van der Waals surface area contributed by atoms with E-state index in [1.54, 1.807) is 5.57 Å².